The van der Waals surface area contributed by atoms with Crippen molar-refractivity contribution in [3.05, 3.63) is 0 Å². The van der Waals surface area contributed by atoms with Crippen molar-refractivity contribution in [3.8, 4) is 0 Å². The van der Waals surface area contributed by atoms with Gasteiger partial charge in [-0.1, -0.05) is 0 Å². The lowest BCUT2D eigenvalue weighted by molar-refractivity contribution is -0.290. The monoisotopic (exact) mass is 172 g/mol. The van der Waals surface area contributed by atoms with Crippen molar-refractivity contribution in [1.82, 2.24) is 5.32 Å². The van der Waals surface area contributed by atoms with Gasteiger partial charge in [-0.05, 0) is 0 Å². The average molecular weight is 172 g/mol. The molecule has 1 N–H and O–H groups in total. The Hall–Kier alpha value is -1.47. The van der Waals surface area contributed by atoms with Crippen LogP contribution in [0, 0.1) is 0 Å². The van der Waals surface area contributed by atoms with E-state index in [1.807, 2.05) is 0 Å². The molecule has 0 atom stereocenters. The van der Waals surface area contributed by atoms with Crippen LogP contribution in [0.1, 0.15) is 0 Å². The highest BCUT2D eigenvalue weighted by molar-refractivity contribution is 5.86. The number of amides is 2. The highest BCUT2D eigenvalue weighted by atomic mass is 19.4. The van der Waals surface area contributed by atoms with E-state index in [-0.39, 0.29) is 0 Å². The summed E-state index contributed by atoms with van der Waals surface area (Å²) in [7, 11) is 0. The van der Waals surface area contributed by atoms with Gasteiger partial charge < -0.3 is 4.74 Å². The molecule has 0 saturated heterocycles. The normalized spacial score (nSPS) is 10.5. The number of nitrogens with one attached hydrogen (secondary N) is 1. The van der Waals surface area contributed by atoms with Gasteiger partial charge >= 0.3 is 18.5 Å². The van der Waals surface area contributed by atoms with Crippen LogP contribution in [0.25, 0.3) is 0 Å². The molecule has 1 radical (unpaired) electrons. The van der Waals surface area contributed by atoms with Crippen LogP contribution in [0.4, 0.5) is 22.8 Å². The summed E-state index contributed by atoms with van der Waals surface area (Å²) in [6, 6.07) is 0. The molecule has 0 bridgehead atoms. The van der Waals surface area contributed by atoms with E-state index in [2.05, 4.69) is 4.74 Å². The molecule has 0 aliphatic rings. The van der Waals surface area contributed by atoms with Gasteiger partial charge in [0, 0.05) is 0 Å². The lowest BCUT2D eigenvalue weighted by Gasteiger charge is -2.04. The van der Waals surface area contributed by atoms with Crippen LogP contribution >= 0.6 is 0 Å². The van der Waals surface area contributed by atoms with Crippen LogP contribution in [0.2, 0.25) is 0 Å². The fraction of sp³-hybridized carbons (Fsp3) is 0.333. The number of hydrogen-bond donors (Lipinski definition) is 1. The summed E-state index contributed by atoms with van der Waals surface area (Å²) in [5.41, 5.74) is 0. The molecule has 0 aliphatic heterocycles. The highest BCUT2D eigenvalue weighted by Crippen LogP contribution is 2.15. The van der Waals surface area contributed by atoms with Gasteiger partial charge in [0.15, 0.2) is 0 Å². The molecular formula is C3HF3NO4. The molecule has 11 heavy (non-hydrogen) atoms. The molecule has 2 amide bonds. The number of ether oxygens (including phenoxy) is 1. The van der Waals surface area contributed by atoms with Crippen molar-refractivity contribution in [3.63, 3.8) is 0 Å². The summed E-state index contributed by atoms with van der Waals surface area (Å²) >= 11 is 0. The van der Waals surface area contributed by atoms with Crippen molar-refractivity contribution >= 4 is 12.2 Å². The summed E-state index contributed by atoms with van der Waals surface area (Å²) in [6.07, 6.45) is -9.50. The van der Waals surface area contributed by atoms with Crippen molar-refractivity contribution in [2.75, 3.05) is 0 Å². The van der Waals surface area contributed by atoms with Gasteiger partial charge in [0.1, 0.15) is 0 Å². The number of halogens is 3. The number of carbonyl (C=O) groups is 2. The van der Waals surface area contributed by atoms with Gasteiger partial charge in [-0.2, -0.15) is 0 Å². The Balaban J connectivity index is 3.80. The van der Waals surface area contributed by atoms with Crippen molar-refractivity contribution in [1.29, 1.82) is 0 Å². The van der Waals surface area contributed by atoms with E-state index in [0.29, 0.717) is 0 Å². The molecule has 0 rings (SSSR count). The maximum absolute atomic E-state index is 11.1. The second kappa shape index (κ2) is 3.08. The Morgan fingerprint density at radius 2 is 1.73 bits per heavy atom. The molecule has 0 saturated carbocycles. The smallest absolute Gasteiger partial charge is 0.356 e. The molecule has 0 fully saturated rings. The fourth-order valence-corrected chi connectivity index (χ4v) is 0.214. The Kier molecular flexibility index (Phi) is 2.67. The Bertz CT molecular complexity index is 176. The summed E-state index contributed by atoms with van der Waals surface area (Å²) in [5, 5.41) is 10.1. The van der Waals surface area contributed by atoms with Crippen molar-refractivity contribution in [2.24, 2.45) is 0 Å². The van der Waals surface area contributed by atoms with Gasteiger partial charge in [0.25, 0.3) is 0 Å². The number of imide groups is 1. The third-order valence-corrected chi connectivity index (χ3v) is 0.413. The third-order valence-electron chi connectivity index (χ3n) is 0.413. The minimum atomic E-state index is -5.19. The van der Waals surface area contributed by atoms with E-state index in [1.165, 1.54) is 0 Å². The third kappa shape index (κ3) is 6.41. The highest BCUT2D eigenvalue weighted by Gasteiger charge is 2.34. The molecule has 63 valence electrons. The Labute approximate surface area is 57.7 Å². The van der Waals surface area contributed by atoms with Crippen molar-refractivity contribution < 1.29 is 32.6 Å². The molecule has 0 heterocycles. The zero-order chi connectivity index (χ0) is 9.07. The number of alkyl carbamates (subject to hydrolysis) is 1. The molecular weight excluding hydrogens is 171 g/mol. The number of carbonyl (C=O) groups excluding carboxylic acids is 2. The average Bonchev–Trinajstić information content (AvgIpc) is 1.53. The molecule has 0 aromatic heterocycles. The van der Waals surface area contributed by atoms with E-state index < -0.39 is 18.5 Å². The minimum absolute atomic E-state index is 0.724. The summed E-state index contributed by atoms with van der Waals surface area (Å²) in [4.78, 5) is 19.2. The topological polar surface area (TPSA) is 75.3 Å². The first kappa shape index (κ1) is 9.53. The lowest BCUT2D eigenvalue weighted by Crippen LogP contribution is -2.33. The SMILES string of the molecule is [O]C(=O)NC(=O)OC(F)(F)F. The Morgan fingerprint density at radius 1 is 1.27 bits per heavy atom. The van der Waals surface area contributed by atoms with Gasteiger partial charge in [-0.25, -0.2) is 20.0 Å². The zero-order valence-electron chi connectivity index (χ0n) is 4.77. The first-order valence-electron chi connectivity index (χ1n) is 2.09. The van der Waals surface area contributed by atoms with Crippen LogP contribution in [0.3, 0.4) is 0 Å². The Morgan fingerprint density at radius 3 is 2.00 bits per heavy atom. The van der Waals surface area contributed by atoms with E-state index in [9.17, 15) is 27.9 Å². The maximum atomic E-state index is 11.1. The number of alkyl halides is 3. The quantitative estimate of drug-likeness (QED) is 0.586. The summed E-state index contributed by atoms with van der Waals surface area (Å²) in [6.45, 7) is 0. The molecule has 5 nitrogen and oxygen atoms in total. The molecule has 0 aliphatic carbocycles. The van der Waals surface area contributed by atoms with Gasteiger partial charge in [0.2, 0.25) is 0 Å². The van der Waals surface area contributed by atoms with Crippen LogP contribution < -0.4 is 5.32 Å². The second-order valence-corrected chi connectivity index (χ2v) is 1.25. The fourth-order valence-electron chi connectivity index (χ4n) is 0.214. The standard InChI is InChI=1S/C3HF3NO4/c4-3(5,6)11-2(10)7-1(8)9/h(H,7,10). The molecule has 8 heteroatoms. The predicted molar refractivity (Wildman–Crippen MR) is 21.8 cm³/mol. The largest absolute Gasteiger partial charge is 0.576 e. The summed E-state index contributed by atoms with van der Waals surface area (Å²) in [5.74, 6) is 0. The van der Waals surface area contributed by atoms with E-state index >= 15 is 0 Å². The van der Waals surface area contributed by atoms with Crippen LogP contribution in [-0.2, 0) is 9.84 Å². The van der Waals surface area contributed by atoms with Crippen molar-refractivity contribution in [2.45, 2.75) is 6.36 Å². The maximum Gasteiger partial charge on any atom is 0.576 e. The van der Waals surface area contributed by atoms with E-state index in [4.69, 9.17) is 0 Å². The number of rotatable bonds is 0. The minimum Gasteiger partial charge on any atom is -0.356 e. The second-order valence-electron chi connectivity index (χ2n) is 1.25. The van der Waals surface area contributed by atoms with Crippen LogP contribution in [0.5, 0.6) is 0 Å². The van der Waals surface area contributed by atoms with E-state index in [0.717, 1.165) is 5.32 Å². The zero-order valence-corrected chi connectivity index (χ0v) is 4.77. The molecule has 0 aromatic carbocycles. The molecule has 0 unspecified atom stereocenters. The first-order chi connectivity index (χ1) is 4.81. The van der Waals surface area contributed by atoms with Crippen LogP contribution in [0.15, 0.2) is 0 Å². The molecule has 0 aromatic rings. The number of hydrogen-bond acceptors (Lipinski definition) is 3. The molecule has 0 spiro atoms. The van der Waals surface area contributed by atoms with Gasteiger partial charge in [-0.15, -0.1) is 13.2 Å². The first-order valence-corrected chi connectivity index (χ1v) is 2.09. The van der Waals surface area contributed by atoms with Gasteiger partial charge in [-0.3, -0.25) is 0 Å². The van der Waals surface area contributed by atoms with E-state index in [1.54, 1.807) is 0 Å². The predicted octanol–water partition coefficient (Wildman–Crippen LogP) is 0.783. The van der Waals surface area contributed by atoms with Gasteiger partial charge in [0.05, 0.1) is 0 Å². The summed E-state index contributed by atoms with van der Waals surface area (Å²) < 4.78 is 35.8. The van der Waals surface area contributed by atoms with Crippen LogP contribution in [-0.4, -0.2) is 18.5 Å². The lowest BCUT2D eigenvalue weighted by atomic mass is 11.0.